The van der Waals surface area contributed by atoms with Gasteiger partial charge in [-0.15, -0.1) is 0 Å². The van der Waals surface area contributed by atoms with Gasteiger partial charge in [-0.1, -0.05) is 48.9 Å². The van der Waals surface area contributed by atoms with Gasteiger partial charge in [-0.05, 0) is 48.2 Å². The summed E-state index contributed by atoms with van der Waals surface area (Å²) in [6.07, 6.45) is 4.30. The Balaban J connectivity index is 1.97. The van der Waals surface area contributed by atoms with Gasteiger partial charge in [-0.25, -0.2) is 4.79 Å². The maximum absolute atomic E-state index is 12.0. The summed E-state index contributed by atoms with van der Waals surface area (Å²) in [6, 6.07) is 13.1. The Hall–Kier alpha value is -2.26. The third kappa shape index (κ3) is 4.37. The first-order valence-corrected chi connectivity index (χ1v) is 7.56. The second-order valence-electron chi connectivity index (χ2n) is 4.95. The lowest BCUT2D eigenvalue weighted by molar-refractivity contribution is 0.255. The zero-order chi connectivity index (χ0) is 15.9. The summed E-state index contributed by atoms with van der Waals surface area (Å²) >= 11 is 5.83. The second-order valence-corrected chi connectivity index (χ2v) is 5.38. The molecule has 0 spiro atoms. The van der Waals surface area contributed by atoms with Gasteiger partial charge in [0.2, 0.25) is 0 Å². The first-order chi connectivity index (χ1) is 10.6. The number of amides is 2. The lowest BCUT2D eigenvalue weighted by Crippen LogP contribution is -2.24. The molecule has 0 saturated carbocycles. The Morgan fingerprint density at radius 2 is 1.91 bits per heavy atom. The van der Waals surface area contributed by atoms with Crippen LogP contribution in [0.1, 0.15) is 23.6 Å². The van der Waals surface area contributed by atoms with E-state index in [0.717, 1.165) is 28.8 Å². The van der Waals surface area contributed by atoms with E-state index in [-0.39, 0.29) is 6.03 Å². The van der Waals surface area contributed by atoms with E-state index in [2.05, 4.69) is 17.6 Å². The summed E-state index contributed by atoms with van der Waals surface area (Å²) in [7, 11) is 0. The SMILES string of the molecule is CCc1cccc(C)c1NC(=O)N/C=C/c1ccc(Cl)cc1. The number of halogens is 1. The van der Waals surface area contributed by atoms with Crippen LogP contribution in [0.4, 0.5) is 10.5 Å². The molecule has 0 aliphatic carbocycles. The molecule has 22 heavy (non-hydrogen) atoms. The Labute approximate surface area is 136 Å². The fraction of sp³-hybridized carbons (Fsp3) is 0.167. The van der Waals surface area contributed by atoms with Gasteiger partial charge in [0.05, 0.1) is 0 Å². The molecule has 0 saturated heterocycles. The van der Waals surface area contributed by atoms with E-state index in [0.29, 0.717) is 5.02 Å². The normalized spacial score (nSPS) is 10.7. The lowest BCUT2D eigenvalue weighted by Gasteiger charge is -2.12. The van der Waals surface area contributed by atoms with Crippen molar-refractivity contribution >= 4 is 29.4 Å². The van der Waals surface area contributed by atoms with Crippen molar-refractivity contribution < 1.29 is 4.79 Å². The second kappa shape index (κ2) is 7.66. The largest absolute Gasteiger partial charge is 0.323 e. The molecule has 0 unspecified atom stereocenters. The van der Waals surface area contributed by atoms with Crippen molar-refractivity contribution in [3.63, 3.8) is 0 Å². The minimum atomic E-state index is -0.255. The molecule has 2 aromatic carbocycles. The van der Waals surface area contributed by atoms with Crippen molar-refractivity contribution in [1.29, 1.82) is 0 Å². The topological polar surface area (TPSA) is 41.1 Å². The zero-order valence-corrected chi connectivity index (χ0v) is 13.4. The van der Waals surface area contributed by atoms with Crippen LogP contribution in [-0.4, -0.2) is 6.03 Å². The van der Waals surface area contributed by atoms with E-state index in [4.69, 9.17) is 11.6 Å². The monoisotopic (exact) mass is 314 g/mol. The van der Waals surface area contributed by atoms with Gasteiger partial charge in [0.15, 0.2) is 0 Å². The summed E-state index contributed by atoms with van der Waals surface area (Å²) in [5.41, 5.74) is 4.02. The molecule has 0 bridgehead atoms. The highest BCUT2D eigenvalue weighted by Gasteiger charge is 2.06. The molecule has 2 rings (SSSR count). The molecule has 4 heteroatoms. The van der Waals surface area contributed by atoms with Crippen LogP contribution in [-0.2, 0) is 6.42 Å². The first kappa shape index (κ1) is 16.1. The molecule has 2 amide bonds. The highest BCUT2D eigenvalue weighted by molar-refractivity contribution is 6.30. The van der Waals surface area contributed by atoms with Crippen LogP contribution in [0.5, 0.6) is 0 Å². The summed E-state index contributed by atoms with van der Waals surface area (Å²) in [5, 5.41) is 6.30. The van der Waals surface area contributed by atoms with Crippen LogP contribution >= 0.6 is 11.6 Å². The molecule has 2 aromatic rings. The quantitative estimate of drug-likeness (QED) is 0.819. The number of hydrogen-bond donors (Lipinski definition) is 2. The molecule has 0 atom stereocenters. The van der Waals surface area contributed by atoms with Gasteiger partial charge < -0.3 is 10.6 Å². The Morgan fingerprint density at radius 3 is 2.59 bits per heavy atom. The van der Waals surface area contributed by atoms with Gasteiger partial charge in [0.1, 0.15) is 0 Å². The molecule has 0 radical (unpaired) electrons. The summed E-state index contributed by atoms with van der Waals surface area (Å²) in [4.78, 5) is 12.0. The first-order valence-electron chi connectivity index (χ1n) is 7.18. The molecule has 0 fully saturated rings. The predicted octanol–water partition coefficient (Wildman–Crippen LogP) is 5.00. The fourth-order valence-electron chi connectivity index (χ4n) is 2.14. The number of urea groups is 1. The van der Waals surface area contributed by atoms with Crippen LogP contribution < -0.4 is 10.6 Å². The third-order valence-electron chi connectivity index (χ3n) is 3.34. The van der Waals surface area contributed by atoms with E-state index in [9.17, 15) is 4.79 Å². The van der Waals surface area contributed by atoms with Crippen molar-refractivity contribution in [2.24, 2.45) is 0 Å². The van der Waals surface area contributed by atoms with Crippen molar-refractivity contribution in [3.05, 3.63) is 70.4 Å². The van der Waals surface area contributed by atoms with E-state index < -0.39 is 0 Å². The maximum atomic E-state index is 12.0. The average Bonchev–Trinajstić information content (AvgIpc) is 2.51. The lowest BCUT2D eigenvalue weighted by atomic mass is 10.1. The number of aryl methyl sites for hydroxylation is 2. The highest BCUT2D eigenvalue weighted by Crippen LogP contribution is 2.20. The van der Waals surface area contributed by atoms with Crippen LogP contribution in [0.2, 0.25) is 5.02 Å². The molecule has 3 nitrogen and oxygen atoms in total. The van der Waals surface area contributed by atoms with E-state index in [1.807, 2.05) is 55.5 Å². The number of carbonyl (C=O) groups excluding carboxylic acids is 1. The van der Waals surface area contributed by atoms with Crippen molar-refractivity contribution in [2.45, 2.75) is 20.3 Å². The third-order valence-corrected chi connectivity index (χ3v) is 3.59. The average molecular weight is 315 g/mol. The summed E-state index contributed by atoms with van der Waals surface area (Å²) in [6.45, 7) is 4.05. The van der Waals surface area contributed by atoms with Gasteiger partial charge in [-0.2, -0.15) is 0 Å². The van der Waals surface area contributed by atoms with E-state index >= 15 is 0 Å². The summed E-state index contributed by atoms with van der Waals surface area (Å²) in [5.74, 6) is 0. The number of anilines is 1. The standard InChI is InChI=1S/C18H19ClN2O/c1-3-15-6-4-5-13(2)17(15)21-18(22)20-12-11-14-7-9-16(19)10-8-14/h4-12H,3H2,1-2H3,(H2,20,21,22)/b12-11+. The molecular weight excluding hydrogens is 296 g/mol. The van der Waals surface area contributed by atoms with Crippen LogP contribution in [0.25, 0.3) is 6.08 Å². The predicted molar refractivity (Wildman–Crippen MR) is 93.2 cm³/mol. The molecule has 0 aliphatic heterocycles. The Kier molecular flexibility index (Phi) is 5.61. The number of benzene rings is 2. The molecule has 114 valence electrons. The maximum Gasteiger partial charge on any atom is 0.323 e. The smallest absolute Gasteiger partial charge is 0.314 e. The molecule has 2 N–H and O–H groups in total. The molecule has 0 aromatic heterocycles. The van der Waals surface area contributed by atoms with Gasteiger partial charge in [0, 0.05) is 16.9 Å². The van der Waals surface area contributed by atoms with Gasteiger partial charge in [-0.3, -0.25) is 0 Å². The van der Waals surface area contributed by atoms with Gasteiger partial charge >= 0.3 is 6.03 Å². The van der Waals surface area contributed by atoms with Crippen molar-refractivity contribution in [2.75, 3.05) is 5.32 Å². The van der Waals surface area contributed by atoms with Crippen LogP contribution in [0.15, 0.2) is 48.7 Å². The van der Waals surface area contributed by atoms with E-state index in [1.165, 1.54) is 0 Å². The fourth-order valence-corrected chi connectivity index (χ4v) is 2.27. The summed E-state index contributed by atoms with van der Waals surface area (Å²) < 4.78 is 0. The minimum absolute atomic E-state index is 0.255. The molecule has 0 heterocycles. The number of hydrogen-bond acceptors (Lipinski definition) is 1. The Bertz CT molecular complexity index is 678. The number of nitrogens with one attached hydrogen (secondary N) is 2. The van der Waals surface area contributed by atoms with E-state index in [1.54, 1.807) is 6.20 Å². The minimum Gasteiger partial charge on any atom is -0.314 e. The van der Waals surface area contributed by atoms with Crippen molar-refractivity contribution in [3.8, 4) is 0 Å². The number of para-hydroxylation sites is 1. The zero-order valence-electron chi connectivity index (χ0n) is 12.7. The van der Waals surface area contributed by atoms with Crippen molar-refractivity contribution in [1.82, 2.24) is 5.32 Å². The molecule has 0 aliphatic rings. The Morgan fingerprint density at radius 1 is 1.18 bits per heavy atom. The highest BCUT2D eigenvalue weighted by atomic mass is 35.5. The van der Waals surface area contributed by atoms with Crippen LogP contribution in [0, 0.1) is 6.92 Å². The number of carbonyl (C=O) groups is 1. The molecular formula is C18H19ClN2O. The number of rotatable bonds is 4. The van der Waals surface area contributed by atoms with Crippen LogP contribution in [0.3, 0.4) is 0 Å². The van der Waals surface area contributed by atoms with Gasteiger partial charge in [0.25, 0.3) is 0 Å².